The van der Waals surface area contributed by atoms with E-state index in [0.717, 1.165) is 16.2 Å². The van der Waals surface area contributed by atoms with Gasteiger partial charge < -0.3 is 10.1 Å². The fourth-order valence-electron chi connectivity index (χ4n) is 3.75. The molecule has 0 bridgehead atoms. The van der Waals surface area contributed by atoms with E-state index in [4.69, 9.17) is 9.29 Å². The third-order valence-corrected chi connectivity index (χ3v) is 7.01. The maximum absolute atomic E-state index is 13.5. The van der Waals surface area contributed by atoms with E-state index in [9.17, 15) is 31.2 Å². The Kier molecular flexibility index (Phi) is 10.1. The number of alkyl halides is 3. The third kappa shape index (κ3) is 9.46. The molecule has 1 aromatic carbocycles. The Balaban J connectivity index is 1.90. The van der Waals surface area contributed by atoms with Gasteiger partial charge in [0, 0.05) is 31.2 Å². The molecule has 216 valence electrons. The summed E-state index contributed by atoms with van der Waals surface area (Å²) in [5, 5.41) is 4.03. The van der Waals surface area contributed by atoms with E-state index in [0.29, 0.717) is 11.1 Å². The number of nitrogens with zero attached hydrogens (tertiary/aromatic N) is 3. The predicted octanol–water partition coefficient (Wildman–Crippen LogP) is 3.57. The minimum atomic E-state index is -4.49. The van der Waals surface area contributed by atoms with E-state index >= 15 is 0 Å². The summed E-state index contributed by atoms with van der Waals surface area (Å²) in [4.78, 5) is 35.0. The summed E-state index contributed by atoms with van der Waals surface area (Å²) in [6.07, 6.45) is -3.25. The summed E-state index contributed by atoms with van der Waals surface area (Å²) in [7, 11) is -1.94. The molecule has 0 saturated carbocycles. The zero-order valence-corrected chi connectivity index (χ0v) is 22.9. The molecule has 2 aromatic heterocycles. The van der Waals surface area contributed by atoms with Crippen molar-refractivity contribution in [1.82, 2.24) is 20.2 Å². The zero-order chi connectivity index (χ0) is 29.5. The number of hydrogen-bond donors (Lipinski definition) is 3. The van der Waals surface area contributed by atoms with Crippen molar-refractivity contribution in [1.29, 1.82) is 0 Å². The number of likely N-dealkylation sites (N-methyl/N-ethyl adjacent to an activating group) is 1. The van der Waals surface area contributed by atoms with Gasteiger partial charge in [0.15, 0.2) is 0 Å². The van der Waals surface area contributed by atoms with Crippen LogP contribution in [0.2, 0.25) is 0 Å². The molecule has 0 aliphatic heterocycles. The number of rotatable bonds is 11. The number of carbonyl (C=O) groups excluding carboxylic acids is 2. The molecule has 0 aliphatic carbocycles. The molecule has 0 radical (unpaired) electrons. The van der Waals surface area contributed by atoms with E-state index in [1.165, 1.54) is 56.2 Å². The van der Waals surface area contributed by atoms with E-state index < -0.39 is 47.0 Å². The number of nitrogens with one attached hydrogen (secondary N) is 2. The summed E-state index contributed by atoms with van der Waals surface area (Å²) in [5.74, 6) is -0.607. The van der Waals surface area contributed by atoms with Gasteiger partial charge in [-0.1, -0.05) is 12.1 Å². The fraction of sp³-hybridized carbons (Fsp3) is 0.333. The van der Waals surface area contributed by atoms with Gasteiger partial charge in [-0.25, -0.2) is 9.78 Å². The highest BCUT2D eigenvalue weighted by Crippen LogP contribution is 2.27. The Bertz CT molecular complexity index is 1400. The second-order valence-corrected chi connectivity index (χ2v) is 10.8. The molecular weight excluding hydrogens is 575 g/mol. The first kappa shape index (κ1) is 30.8. The van der Waals surface area contributed by atoms with Crippen LogP contribution in [-0.2, 0) is 39.1 Å². The normalized spacial score (nSPS) is 13.2. The highest BCUT2D eigenvalue weighted by atomic mass is 32.2. The molecule has 3 N–H and O–H groups in total. The van der Waals surface area contributed by atoms with Gasteiger partial charge >= 0.3 is 22.6 Å². The second-order valence-electron chi connectivity index (χ2n) is 8.65. The van der Waals surface area contributed by atoms with Crippen molar-refractivity contribution >= 4 is 39.3 Å². The maximum Gasteiger partial charge on any atom is 0.409 e. The lowest BCUT2D eigenvalue weighted by molar-refractivity contribution is -0.128. The average molecular weight is 602 g/mol. The average Bonchev–Trinajstić information content (AvgIpc) is 3.33. The van der Waals surface area contributed by atoms with Gasteiger partial charge in [-0.15, -0.1) is 11.3 Å². The predicted molar refractivity (Wildman–Crippen MR) is 140 cm³/mol. The van der Waals surface area contributed by atoms with Crippen molar-refractivity contribution in [2.24, 2.45) is 0 Å². The molecule has 2 heterocycles. The summed E-state index contributed by atoms with van der Waals surface area (Å²) in [6.45, 7) is 0. The van der Waals surface area contributed by atoms with Crippen LogP contribution in [-0.4, -0.2) is 66.2 Å². The molecule has 0 aliphatic rings. The van der Waals surface area contributed by atoms with Crippen LogP contribution >= 0.6 is 11.3 Å². The third-order valence-electron chi connectivity index (χ3n) is 5.65. The number of methoxy groups -OCH3 is 1. The lowest BCUT2D eigenvalue weighted by Gasteiger charge is -2.28. The van der Waals surface area contributed by atoms with Crippen LogP contribution in [0.3, 0.4) is 0 Å². The van der Waals surface area contributed by atoms with Crippen LogP contribution in [0.4, 0.5) is 23.7 Å². The first-order valence-corrected chi connectivity index (χ1v) is 13.9. The quantitative estimate of drug-likeness (QED) is 0.282. The fourth-order valence-corrected chi connectivity index (χ4v) is 5.06. The standard InChI is InChI=1S/C24H26F3N5O6S2/c1-32(23(34)38-2)20(12-16-7-9-28-10-8-16)22(33)30-18(19-14-39-21(29-19)13-24(25,26)27)11-15-3-5-17(6-4-15)31-40(35,36)37/h3-10,14,18,20,31H,11-13H2,1-2H3,(H,30,33)(H,35,36,37)/t18-,20-/m0/s1. The minimum absolute atomic E-state index is 0.0665. The summed E-state index contributed by atoms with van der Waals surface area (Å²) in [5.41, 5.74) is 1.53. The largest absolute Gasteiger partial charge is 0.453 e. The molecule has 2 atom stereocenters. The lowest BCUT2D eigenvalue weighted by atomic mass is 10.0. The van der Waals surface area contributed by atoms with Crippen LogP contribution < -0.4 is 10.0 Å². The second kappa shape index (κ2) is 13.1. The Morgan fingerprint density at radius 3 is 2.30 bits per heavy atom. The summed E-state index contributed by atoms with van der Waals surface area (Å²) in [6, 6.07) is 7.17. The van der Waals surface area contributed by atoms with Crippen molar-refractivity contribution in [3.05, 3.63) is 76.0 Å². The summed E-state index contributed by atoms with van der Waals surface area (Å²) >= 11 is 0.799. The van der Waals surface area contributed by atoms with Crippen molar-refractivity contribution in [3.63, 3.8) is 0 Å². The lowest BCUT2D eigenvalue weighted by Crippen LogP contribution is -2.50. The number of hydrogen-bond acceptors (Lipinski definition) is 8. The van der Waals surface area contributed by atoms with Crippen molar-refractivity contribution in [2.75, 3.05) is 18.9 Å². The van der Waals surface area contributed by atoms with E-state index in [1.54, 1.807) is 12.1 Å². The van der Waals surface area contributed by atoms with Crippen molar-refractivity contribution in [2.45, 2.75) is 37.5 Å². The number of anilines is 1. The molecule has 40 heavy (non-hydrogen) atoms. The number of ether oxygens (including phenoxy) is 1. The molecule has 3 rings (SSSR count). The van der Waals surface area contributed by atoms with Gasteiger partial charge in [-0.05, 0) is 41.8 Å². The van der Waals surface area contributed by atoms with Gasteiger partial charge in [0.2, 0.25) is 5.91 Å². The first-order chi connectivity index (χ1) is 18.7. The van der Waals surface area contributed by atoms with Gasteiger partial charge in [0.05, 0.1) is 31.0 Å². The van der Waals surface area contributed by atoms with Crippen molar-refractivity contribution < 1.29 is 40.5 Å². The number of thiazole rings is 1. The monoisotopic (exact) mass is 601 g/mol. The molecule has 0 unspecified atom stereocenters. The van der Waals surface area contributed by atoms with Crippen molar-refractivity contribution in [3.8, 4) is 0 Å². The molecule has 0 fully saturated rings. The van der Waals surface area contributed by atoms with Crippen LogP contribution in [0.25, 0.3) is 0 Å². The topological polar surface area (TPSA) is 151 Å². The Hall–Kier alpha value is -3.76. The van der Waals surface area contributed by atoms with Gasteiger partial charge in [0.25, 0.3) is 0 Å². The first-order valence-electron chi connectivity index (χ1n) is 11.6. The zero-order valence-electron chi connectivity index (χ0n) is 21.3. The Morgan fingerprint density at radius 1 is 1.10 bits per heavy atom. The van der Waals surface area contributed by atoms with Crippen LogP contribution in [0.1, 0.15) is 27.9 Å². The van der Waals surface area contributed by atoms with Crippen LogP contribution in [0, 0.1) is 0 Å². The minimum Gasteiger partial charge on any atom is -0.453 e. The number of pyridine rings is 1. The molecular formula is C24H26F3N5O6S2. The highest BCUT2D eigenvalue weighted by molar-refractivity contribution is 7.87. The van der Waals surface area contributed by atoms with Crippen LogP contribution in [0.5, 0.6) is 0 Å². The number of aromatic nitrogens is 2. The summed E-state index contributed by atoms with van der Waals surface area (Å²) < 4.78 is 76.6. The molecule has 2 amide bonds. The maximum atomic E-state index is 13.5. The molecule has 0 saturated heterocycles. The number of carbonyl (C=O) groups is 2. The van der Waals surface area contributed by atoms with Gasteiger partial charge in [0.1, 0.15) is 11.0 Å². The number of benzene rings is 1. The molecule has 11 nitrogen and oxygen atoms in total. The molecule has 0 spiro atoms. The van der Waals surface area contributed by atoms with E-state index in [1.807, 2.05) is 4.72 Å². The molecule has 3 aromatic rings. The number of amides is 2. The number of halogens is 3. The van der Waals surface area contributed by atoms with E-state index in [-0.39, 0.29) is 29.2 Å². The van der Waals surface area contributed by atoms with Crippen LogP contribution in [0.15, 0.2) is 54.2 Å². The van der Waals surface area contributed by atoms with Gasteiger partial charge in [-0.2, -0.15) is 21.6 Å². The van der Waals surface area contributed by atoms with Gasteiger partial charge in [-0.3, -0.25) is 24.0 Å². The van der Waals surface area contributed by atoms with E-state index in [2.05, 4.69) is 15.3 Å². The SMILES string of the molecule is COC(=O)N(C)[C@@H](Cc1ccncc1)C(=O)N[C@@H](Cc1ccc(NS(=O)(=O)O)cc1)c1csc(CC(F)(F)F)n1. The highest BCUT2D eigenvalue weighted by Gasteiger charge is 2.32. The smallest absolute Gasteiger partial charge is 0.409 e. The molecule has 16 heteroatoms. The Morgan fingerprint density at radius 2 is 1.73 bits per heavy atom. The Labute approximate surface area is 232 Å².